The fourth-order valence-electron chi connectivity index (χ4n) is 2.47. The molecule has 0 saturated carbocycles. The molecule has 1 aromatic rings. The predicted octanol–water partition coefficient (Wildman–Crippen LogP) is 1.54. The Kier molecular flexibility index (Phi) is 4.93. The van der Waals surface area contributed by atoms with Gasteiger partial charge in [-0.05, 0) is 17.2 Å². The van der Waals surface area contributed by atoms with E-state index < -0.39 is 5.97 Å². The molecular weight excluding hydrogens is 284 g/mol. The number of carboxylic acids is 1. The number of amides is 2. The Balaban J connectivity index is 2.11. The highest BCUT2D eigenvalue weighted by Gasteiger charge is 2.27. The van der Waals surface area contributed by atoms with E-state index in [9.17, 15) is 14.4 Å². The predicted molar refractivity (Wildman–Crippen MR) is 80.6 cm³/mol. The topological polar surface area (TPSA) is 86.7 Å². The summed E-state index contributed by atoms with van der Waals surface area (Å²) in [5.41, 5.74) is 1.89. The van der Waals surface area contributed by atoms with Crippen molar-refractivity contribution in [1.82, 2.24) is 10.2 Å². The molecule has 0 saturated heterocycles. The Labute approximate surface area is 128 Å². The molecule has 1 aromatic carbocycles. The lowest BCUT2D eigenvalue weighted by molar-refractivity contribution is -0.137. The second-order valence-corrected chi connectivity index (χ2v) is 5.08. The van der Waals surface area contributed by atoms with Gasteiger partial charge in [0.05, 0.1) is 18.9 Å². The van der Waals surface area contributed by atoms with Crippen LogP contribution in [-0.4, -0.2) is 34.3 Å². The van der Waals surface area contributed by atoms with Crippen LogP contribution < -0.4 is 5.32 Å². The van der Waals surface area contributed by atoms with Crippen LogP contribution in [0.5, 0.6) is 0 Å². The number of benzene rings is 1. The van der Waals surface area contributed by atoms with Gasteiger partial charge in [-0.15, -0.1) is 0 Å². The Bertz CT molecular complexity index is 624. The van der Waals surface area contributed by atoms with Gasteiger partial charge in [0.15, 0.2) is 0 Å². The first-order chi connectivity index (χ1) is 10.5. The highest BCUT2D eigenvalue weighted by molar-refractivity contribution is 5.82. The molecule has 2 amide bonds. The molecule has 0 spiro atoms. The van der Waals surface area contributed by atoms with Crippen molar-refractivity contribution >= 4 is 23.9 Å². The number of hydrogen-bond donors (Lipinski definition) is 2. The molecule has 2 N–H and O–H groups in total. The zero-order valence-electron chi connectivity index (χ0n) is 12.3. The van der Waals surface area contributed by atoms with E-state index in [1.54, 1.807) is 6.20 Å². The van der Waals surface area contributed by atoms with Crippen molar-refractivity contribution in [2.24, 2.45) is 0 Å². The molecule has 1 aliphatic rings. The van der Waals surface area contributed by atoms with Crippen LogP contribution in [0, 0.1) is 0 Å². The number of nitrogens with zero attached hydrogens (tertiary/aromatic N) is 1. The van der Waals surface area contributed by atoms with Crippen LogP contribution in [0.4, 0.5) is 0 Å². The second kappa shape index (κ2) is 6.89. The summed E-state index contributed by atoms with van der Waals surface area (Å²) < 4.78 is 0. The number of carbonyl (C=O) groups is 3. The summed E-state index contributed by atoms with van der Waals surface area (Å²) in [5.74, 6) is -1.38. The highest BCUT2D eigenvalue weighted by atomic mass is 16.4. The zero-order chi connectivity index (χ0) is 16.1. The maximum atomic E-state index is 12.0. The first-order valence-electron chi connectivity index (χ1n) is 7.03. The monoisotopic (exact) mass is 302 g/mol. The van der Waals surface area contributed by atoms with Gasteiger partial charge in [-0.3, -0.25) is 14.4 Å². The van der Waals surface area contributed by atoms with Crippen molar-refractivity contribution < 1.29 is 19.5 Å². The van der Waals surface area contributed by atoms with E-state index in [0.29, 0.717) is 0 Å². The Morgan fingerprint density at radius 3 is 2.68 bits per heavy atom. The van der Waals surface area contributed by atoms with Gasteiger partial charge >= 0.3 is 5.97 Å². The minimum Gasteiger partial charge on any atom is -0.481 e. The summed E-state index contributed by atoms with van der Waals surface area (Å²) in [6, 6.07) is 7.22. The molecule has 1 aliphatic heterocycles. The summed E-state index contributed by atoms with van der Waals surface area (Å²) in [6.45, 7) is 1.53. The molecule has 1 atom stereocenters. The minimum atomic E-state index is -0.961. The summed E-state index contributed by atoms with van der Waals surface area (Å²) >= 11 is 0. The van der Waals surface area contributed by atoms with Crippen LogP contribution in [0.2, 0.25) is 0 Å². The number of fused-ring (bicyclic) bond motifs is 1. The van der Waals surface area contributed by atoms with Gasteiger partial charge in [-0.2, -0.15) is 0 Å². The van der Waals surface area contributed by atoms with Gasteiger partial charge < -0.3 is 15.3 Å². The van der Waals surface area contributed by atoms with Gasteiger partial charge in [0.2, 0.25) is 11.8 Å². The summed E-state index contributed by atoms with van der Waals surface area (Å²) in [4.78, 5) is 35.8. The molecule has 2 rings (SSSR count). The van der Waals surface area contributed by atoms with Crippen molar-refractivity contribution in [1.29, 1.82) is 0 Å². The molecule has 1 unspecified atom stereocenters. The number of rotatable bonds is 5. The molecule has 6 nitrogen and oxygen atoms in total. The van der Waals surface area contributed by atoms with Crippen LogP contribution >= 0.6 is 0 Å². The Morgan fingerprint density at radius 2 is 2.00 bits per heavy atom. The number of aliphatic carboxylic acids is 1. The second-order valence-electron chi connectivity index (χ2n) is 5.08. The van der Waals surface area contributed by atoms with Crippen molar-refractivity contribution in [3.8, 4) is 0 Å². The third-order valence-corrected chi connectivity index (χ3v) is 3.51. The molecule has 0 aromatic heterocycles. The number of nitrogens with one attached hydrogen (secondary N) is 1. The van der Waals surface area contributed by atoms with E-state index in [1.165, 1.54) is 11.8 Å². The molecule has 116 valence electrons. The Hall–Kier alpha value is -2.63. The van der Waals surface area contributed by atoms with Crippen molar-refractivity contribution in [2.45, 2.75) is 25.8 Å². The van der Waals surface area contributed by atoms with E-state index in [1.807, 2.05) is 30.3 Å². The molecule has 0 bridgehead atoms. The van der Waals surface area contributed by atoms with Crippen molar-refractivity contribution in [2.75, 3.05) is 6.54 Å². The van der Waals surface area contributed by atoms with Gasteiger partial charge in [0, 0.05) is 19.7 Å². The van der Waals surface area contributed by atoms with Crippen molar-refractivity contribution in [3.05, 3.63) is 41.6 Å². The largest absolute Gasteiger partial charge is 0.481 e. The first-order valence-corrected chi connectivity index (χ1v) is 7.03. The average molecular weight is 302 g/mol. The molecule has 22 heavy (non-hydrogen) atoms. The van der Waals surface area contributed by atoms with Crippen LogP contribution in [0.3, 0.4) is 0 Å². The van der Waals surface area contributed by atoms with Crippen molar-refractivity contribution in [3.63, 3.8) is 0 Å². The molecule has 0 aliphatic carbocycles. The number of carboxylic acid groups (broad SMARTS) is 1. The third kappa shape index (κ3) is 3.72. The lowest BCUT2D eigenvalue weighted by atomic mass is 9.93. The smallest absolute Gasteiger partial charge is 0.305 e. The molecule has 0 radical (unpaired) electrons. The summed E-state index contributed by atoms with van der Waals surface area (Å²) in [5, 5.41) is 11.1. The lowest BCUT2D eigenvalue weighted by Crippen LogP contribution is -2.35. The van der Waals surface area contributed by atoms with E-state index in [2.05, 4.69) is 5.32 Å². The van der Waals surface area contributed by atoms with E-state index >= 15 is 0 Å². The molecular formula is C16H18N2O4. The van der Waals surface area contributed by atoms with Gasteiger partial charge in [0.25, 0.3) is 0 Å². The van der Waals surface area contributed by atoms with Gasteiger partial charge in [-0.25, -0.2) is 0 Å². The van der Waals surface area contributed by atoms with Crippen LogP contribution in [0.15, 0.2) is 30.5 Å². The SMILES string of the molecule is CC(=O)N1C=Cc2ccccc2C1CC(=O)NCCC(=O)O. The standard InChI is InChI=1S/C16H18N2O4/c1-11(19)18-9-7-12-4-2-3-5-13(12)14(18)10-15(20)17-8-6-16(21)22/h2-5,7,9,14H,6,8,10H2,1H3,(H,17,20)(H,21,22). The zero-order valence-corrected chi connectivity index (χ0v) is 12.3. The molecule has 6 heteroatoms. The minimum absolute atomic E-state index is 0.0818. The quantitative estimate of drug-likeness (QED) is 0.864. The van der Waals surface area contributed by atoms with Gasteiger partial charge in [0.1, 0.15) is 0 Å². The number of carbonyl (C=O) groups excluding carboxylic acids is 2. The van der Waals surface area contributed by atoms with E-state index in [0.717, 1.165) is 11.1 Å². The average Bonchev–Trinajstić information content (AvgIpc) is 2.46. The van der Waals surface area contributed by atoms with Crippen LogP contribution in [0.1, 0.15) is 36.9 Å². The normalized spacial score (nSPS) is 16.0. The first kappa shape index (κ1) is 15.8. The highest BCUT2D eigenvalue weighted by Crippen LogP contribution is 2.32. The lowest BCUT2D eigenvalue weighted by Gasteiger charge is -2.32. The molecule has 0 fully saturated rings. The third-order valence-electron chi connectivity index (χ3n) is 3.51. The van der Waals surface area contributed by atoms with Crippen LogP contribution in [0.25, 0.3) is 6.08 Å². The Morgan fingerprint density at radius 1 is 1.27 bits per heavy atom. The maximum absolute atomic E-state index is 12.0. The van der Waals surface area contributed by atoms with Gasteiger partial charge in [-0.1, -0.05) is 24.3 Å². The fourth-order valence-corrected chi connectivity index (χ4v) is 2.47. The number of hydrogen-bond acceptors (Lipinski definition) is 3. The van der Waals surface area contributed by atoms with E-state index in [-0.39, 0.29) is 37.2 Å². The fraction of sp³-hybridized carbons (Fsp3) is 0.312. The summed E-state index contributed by atoms with van der Waals surface area (Å²) in [7, 11) is 0. The summed E-state index contributed by atoms with van der Waals surface area (Å²) in [6.07, 6.45) is 3.50. The molecule has 1 heterocycles. The maximum Gasteiger partial charge on any atom is 0.305 e. The van der Waals surface area contributed by atoms with Crippen LogP contribution in [-0.2, 0) is 14.4 Å². The van der Waals surface area contributed by atoms with E-state index in [4.69, 9.17) is 5.11 Å².